The second-order valence-corrected chi connectivity index (χ2v) is 11.8. The van der Waals surface area contributed by atoms with Gasteiger partial charge in [0.15, 0.2) is 0 Å². The van der Waals surface area contributed by atoms with Crippen LogP contribution in [0.5, 0.6) is 5.75 Å². The maximum absolute atomic E-state index is 13.7. The number of hydrogen-bond acceptors (Lipinski definition) is 6. The summed E-state index contributed by atoms with van der Waals surface area (Å²) in [6.45, 7) is 5.99. The average molecular weight is 532 g/mol. The predicted molar refractivity (Wildman–Crippen MR) is 145 cm³/mol. The number of methoxy groups -OCH3 is 1. The van der Waals surface area contributed by atoms with Gasteiger partial charge in [0.05, 0.1) is 18.6 Å². The summed E-state index contributed by atoms with van der Waals surface area (Å²) in [6, 6.07) is 13.1. The fraction of sp³-hybridized carbons (Fsp3) is 0.536. The third-order valence-corrected chi connectivity index (χ3v) is 8.99. The van der Waals surface area contributed by atoms with Crippen LogP contribution in [0.1, 0.15) is 36.0 Å². The fourth-order valence-electron chi connectivity index (χ4n) is 4.80. The van der Waals surface area contributed by atoms with Crippen LogP contribution in [0.25, 0.3) is 0 Å². The molecule has 0 spiro atoms. The molecule has 0 bridgehead atoms. The molecule has 3 rings (SSSR count). The molecule has 1 heterocycles. The van der Waals surface area contributed by atoms with Crippen molar-refractivity contribution < 1.29 is 22.7 Å². The summed E-state index contributed by atoms with van der Waals surface area (Å²) in [5.74, 6) is 0.540. The molecule has 0 aliphatic carbocycles. The Labute approximate surface area is 222 Å². The van der Waals surface area contributed by atoms with Gasteiger partial charge < -0.3 is 19.3 Å². The number of carbonyl (C=O) groups is 1. The molecule has 1 atom stereocenters. The van der Waals surface area contributed by atoms with E-state index in [-0.39, 0.29) is 25.2 Å². The van der Waals surface area contributed by atoms with Crippen LogP contribution in [-0.4, -0.2) is 88.5 Å². The molecule has 1 amide bonds. The third-order valence-electron chi connectivity index (χ3n) is 6.73. The first-order valence-corrected chi connectivity index (χ1v) is 14.3. The SMILES string of the molecule is COc1cc(C)c(S(=O)(=O)N2CCCCC2COCC(=O)N(CCN(C)C)Cc2ccccc2)c(C)c1. The molecule has 0 N–H and O–H groups in total. The summed E-state index contributed by atoms with van der Waals surface area (Å²) in [4.78, 5) is 17.3. The molecule has 37 heavy (non-hydrogen) atoms. The zero-order chi connectivity index (χ0) is 27.0. The Bertz CT molecular complexity index is 1110. The van der Waals surface area contributed by atoms with Crippen LogP contribution < -0.4 is 4.74 Å². The summed E-state index contributed by atoms with van der Waals surface area (Å²) in [5, 5.41) is 0. The summed E-state index contributed by atoms with van der Waals surface area (Å²) in [5.41, 5.74) is 2.38. The number of hydrogen-bond donors (Lipinski definition) is 0. The van der Waals surface area contributed by atoms with Crippen molar-refractivity contribution in [1.82, 2.24) is 14.1 Å². The highest BCUT2D eigenvalue weighted by Crippen LogP contribution is 2.32. The number of carbonyl (C=O) groups excluding carboxylic acids is 1. The topological polar surface area (TPSA) is 79.4 Å². The smallest absolute Gasteiger partial charge is 0.248 e. The lowest BCUT2D eigenvalue weighted by Gasteiger charge is -2.35. The maximum atomic E-state index is 13.7. The van der Waals surface area contributed by atoms with Gasteiger partial charge in [-0.2, -0.15) is 4.31 Å². The van der Waals surface area contributed by atoms with Gasteiger partial charge in [-0.3, -0.25) is 4.79 Å². The minimum absolute atomic E-state index is 0.0781. The molecular weight excluding hydrogens is 490 g/mol. The minimum atomic E-state index is -3.73. The first-order chi connectivity index (χ1) is 17.6. The van der Waals surface area contributed by atoms with E-state index in [9.17, 15) is 13.2 Å². The van der Waals surface area contributed by atoms with E-state index >= 15 is 0 Å². The van der Waals surface area contributed by atoms with Gasteiger partial charge in [0, 0.05) is 32.2 Å². The number of rotatable bonds is 12. The molecule has 1 saturated heterocycles. The molecule has 2 aromatic rings. The quantitative estimate of drug-likeness (QED) is 0.417. The van der Waals surface area contributed by atoms with E-state index in [0.717, 1.165) is 24.9 Å². The molecule has 0 aromatic heterocycles. The van der Waals surface area contributed by atoms with Gasteiger partial charge in [0.2, 0.25) is 15.9 Å². The highest BCUT2D eigenvalue weighted by atomic mass is 32.2. The number of sulfonamides is 1. The molecule has 1 unspecified atom stereocenters. The van der Waals surface area contributed by atoms with E-state index in [1.54, 1.807) is 42.3 Å². The Balaban J connectivity index is 1.68. The van der Waals surface area contributed by atoms with Crippen LogP contribution in [-0.2, 0) is 26.1 Å². The standard InChI is InChI=1S/C28H41N3O5S/c1-22-17-26(35-5)18-23(2)28(22)37(33,34)31-14-10-9-13-25(31)20-36-21-27(32)30(16-15-29(3)4)19-24-11-7-6-8-12-24/h6-8,11-12,17-18,25H,9-10,13-16,19-21H2,1-5H3. The lowest BCUT2D eigenvalue weighted by molar-refractivity contribution is -0.137. The zero-order valence-corrected chi connectivity index (χ0v) is 23.6. The van der Waals surface area contributed by atoms with Crippen molar-refractivity contribution >= 4 is 15.9 Å². The highest BCUT2D eigenvalue weighted by molar-refractivity contribution is 7.89. The van der Waals surface area contributed by atoms with Gasteiger partial charge in [0.1, 0.15) is 12.4 Å². The Hall–Kier alpha value is -2.46. The van der Waals surface area contributed by atoms with Crippen molar-refractivity contribution in [3.8, 4) is 5.75 Å². The van der Waals surface area contributed by atoms with Crippen LogP contribution in [0.15, 0.2) is 47.4 Å². The van der Waals surface area contributed by atoms with E-state index < -0.39 is 10.0 Å². The monoisotopic (exact) mass is 531 g/mol. The molecule has 9 heteroatoms. The number of benzene rings is 2. The van der Waals surface area contributed by atoms with Gasteiger partial charge in [-0.25, -0.2) is 8.42 Å². The molecule has 2 aromatic carbocycles. The largest absolute Gasteiger partial charge is 0.497 e. The molecular formula is C28H41N3O5S. The van der Waals surface area contributed by atoms with E-state index in [1.165, 1.54) is 0 Å². The summed E-state index contributed by atoms with van der Waals surface area (Å²) in [7, 11) is 1.80. The van der Waals surface area contributed by atoms with E-state index in [0.29, 0.717) is 47.8 Å². The Morgan fingerprint density at radius 2 is 1.73 bits per heavy atom. The number of amides is 1. The average Bonchev–Trinajstić information content (AvgIpc) is 2.86. The van der Waals surface area contributed by atoms with Gasteiger partial charge >= 0.3 is 0 Å². The zero-order valence-electron chi connectivity index (χ0n) is 22.8. The predicted octanol–water partition coefficient (Wildman–Crippen LogP) is 3.46. The van der Waals surface area contributed by atoms with Crippen molar-refractivity contribution in [2.24, 2.45) is 0 Å². The van der Waals surface area contributed by atoms with E-state index in [4.69, 9.17) is 9.47 Å². The van der Waals surface area contributed by atoms with Gasteiger partial charge in [-0.05, 0) is 69.6 Å². The van der Waals surface area contributed by atoms with Gasteiger partial charge in [0.25, 0.3) is 0 Å². The number of nitrogens with zero attached hydrogens (tertiary/aromatic N) is 3. The summed E-state index contributed by atoms with van der Waals surface area (Å²) in [6.07, 6.45) is 2.44. The van der Waals surface area contributed by atoms with Crippen LogP contribution >= 0.6 is 0 Å². The van der Waals surface area contributed by atoms with Crippen molar-refractivity contribution in [3.05, 3.63) is 59.2 Å². The number of aryl methyl sites for hydroxylation is 2. The third kappa shape index (κ3) is 7.77. The first kappa shape index (κ1) is 29.1. The molecule has 1 aliphatic heterocycles. The van der Waals surface area contributed by atoms with E-state index in [2.05, 4.69) is 0 Å². The molecule has 1 fully saturated rings. The van der Waals surface area contributed by atoms with Crippen molar-refractivity contribution in [2.45, 2.75) is 50.6 Å². The van der Waals surface area contributed by atoms with Crippen LogP contribution in [0, 0.1) is 13.8 Å². The van der Waals surface area contributed by atoms with Crippen molar-refractivity contribution in [1.29, 1.82) is 0 Å². The Kier molecular flexibility index (Phi) is 10.5. The molecule has 204 valence electrons. The second-order valence-electron chi connectivity index (χ2n) is 9.97. The fourth-order valence-corrected chi connectivity index (χ4v) is 6.89. The van der Waals surface area contributed by atoms with Crippen molar-refractivity contribution in [3.63, 3.8) is 0 Å². The number of likely N-dealkylation sites (N-methyl/N-ethyl adjacent to an activating group) is 1. The van der Waals surface area contributed by atoms with Crippen LogP contribution in [0.3, 0.4) is 0 Å². The van der Waals surface area contributed by atoms with Crippen LogP contribution in [0.4, 0.5) is 0 Å². The number of ether oxygens (including phenoxy) is 2. The Morgan fingerprint density at radius 1 is 1.05 bits per heavy atom. The molecule has 0 saturated carbocycles. The lowest BCUT2D eigenvalue weighted by atomic mass is 10.1. The number of piperidine rings is 1. The van der Waals surface area contributed by atoms with Gasteiger partial charge in [-0.15, -0.1) is 0 Å². The molecule has 1 aliphatic rings. The summed E-state index contributed by atoms with van der Waals surface area (Å²) >= 11 is 0. The lowest BCUT2D eigenvalue weighted by Crippen LogP contribution is -2.47. The maximum Gasteiger partial charge on any atom is 0.248 e. The molecule has 8 nitrogen and oxygen atoms in total. The van der Waals surface area contributed by atoms with Crippen molar-refractivity contribution in [2.75, 3.05) is 54.1 Å². The van der Waals surface area contributed by atoms with Crippen LogP contribution in [0.2, 0.25) is 0 Å². The highest BCUT2D eigenvalue weighted by Gasteiger charge is 2.35. The second kappa shape index (κ2) is 13.4. The Morgan fingerprint density at radius 3 is 2.35 bits per heavy atom. The first-order valence-electron chi connectivity index (χ1n) is 12.8. The normalized spacial score (nSPS) is 16.6. The van der Waals surface area contributed by atoms with Gasteiger partial charge in [-0.1, -0.05) is 36.8 Å². The molecule has 0 radical (unpaired) electrons. The van der Waals surface area contributed by atoms with E-state index in [1.807, 2.05) is 49.3 Å². The minimum Gasteiger partial charge on any atom is -0.497 e. The summed E-state index contributed by atoms with van der Waals surface area (Å²) < 4.78 is 40.3.